The summed E-state index contributed by atoms with van der Waals surface area (Å²) in [5.41, 5.74) is 1.41. The van der Waals surface area contributed by atoms with E-state index in [1.54, 1.807) is 24.0 Å². The minimum atomic E-state index is -0.848. The van der Waals surface area contributed by atoms with E-state index in [1.165, 1.54) is 6.07 Å². The minimum absolute atomic E-state index is 0.244. The molecule has 0 aliphatic rings. The summed E-state index contributed by atoms with van der Waals surface area (Å²) in [7, 11) is 3.56. The zero-order valence-electron chi connectivity index (χ0n) is 9.61. The first-order chi connectivity index (χ1) is 8.11. The van der Waals surface area contributed by atoms with Gasteiger partial charge in [0.05, 0.1) is 11.7 Å². The van der Waals surface area contributed by atoms with Crippen LogP contribution in [0.2, 0.25) is 0 Å². The van der Waals surface area contributed by atoms with E-state index in [0.29, 0.717) is 5.56 Å². The van der Waals surface area contributed by atoms with E-state index in [2.05, 4.69) is 10.4 Å². The predicted molar refractivity (Wildman–Crippen MR) is 60.5 cm³/mol. The largest absolute Gasteiger partial charge is 0.308 e. The number of hydrogen-bond acceptors (Lipinski definition) is 2. The topological polar surface area (TPSA) is 29.9 Å². The number of benzene rings is 1. The molecule has 1 atom stereocenters. The summed E-state index contributed by atoms with van der Waals surface area (Å²) in [6.45, 7) is 0. The zero-order valence-corrected chi connectivity index (χ0v) is 9.61. The van der Waals surface area contributed by atoms with Crippen molar-refractivity contribution >= 4 is 0 Å². The summed E-state index contributed by atoms with van der Waals surface area (Å²) < 4.78 is 27.7. The van der Waals surface area contributed by atoms with Crippen molar-refractivity contribution in [3.05, 3.63) is 53.4 Å². The molecule has 0 radical (unpaired) electrons. The monoisotopic (exact) mass is 237 g/mol. The molecule has 90 valence electrons. The summed E-state index contributed by atoms with van der Waals surface area (Å²) in [5.74, 6) is -1.69. The smallest absolute Gasteiger partial charge is 0.159 e. The number of aromatic nitrogens is 2. The molecular weight excluding hydrogens is 224 g/mol. The molecule has 3 nitrogen and oxygen atoms in total. The highest BCUT2D eigenvalue weighted by atomic mass is 19.2. The van der Waals surface area contributed by atoms with Gasteiger partial charge >= 0.3 is 0 Å². The predicted octanol–water partition coefficient (Wildman–Crippen LogP) is 2.01. The number of nitrogens with one attached hydrogen (secondary N) is 1. The van der Waals surface area contributed by atoms with Gasteiger partial charge in [-0.15, -0.1) is 0 Å². The molecule has 17 heavy (non-hydrogen) atoms. The van der Waals surface area contributed by atoms with Crippen LogP contribution in [-0.4, -0.2) is 16.8 Å². The van der Waals surface area contributed by atoms with Crippen LogP contribution in [0.5, 0.6) is 0 Å². The van der Waals surface area contributed by atoms with E-state index < -0.39 is 11.6 Å². The maximum atomic E-state index is 13.2. The Kier molecular flexibility index (Phi) is 3.19. The van der Waals surface area contributed by atoms with Crippen molar-refractivity contribution < 1.29 is 8.78 Å². The standard InChI is InChI=1S/C12H13F2N3/c1-15-12(11-5-6-17(2)16-11)8-3-4-9(13)10(14)7-8/h3-7,12,15H,1-2H3. The summed E-state index contributed by atoms with van der Waals surface area (Å²) in [5, 5.41) is 7.28. The van der Waals surface area contributed by atoms with Gasteiger partial charge in [-0.05, 0) is 30.8 Å². The van der Waals surface area contributed by atoms with Crippen LogP contribution >= 0.6 is 0 Å². The minimum Gasteiger partial charge on any atom is -0.308 e. The molecule has 5 heteroatoms. The molecule has 0 spiro atoms. The van der Waals surface area contributed by atoms with E-state index >= 15 is 0 Å². The van der Waals surface area contributed by atoms with Crippen molar-refractivity contribution in [3.63, 3.8) is 0 Å². The highest BCUT2D eigenvalue weighted by Crippen LogP contribution is 2.21. The lowest BCUT2D eigenvalue weighted by molar-refractivity contribution is 0.504. The van der Waals surface area contributed by atoms with Gasteiger partial charge in [0.2, 0.25) is 0 Å². The maximum absolute atomic E-state index is 13.2. The van der Waals surface area contributed by atoms with E-state index in [4.69, 9.17) is 0 Å². The Balaban J connectivity index is 2.38. The molecule has 0 amide bonds. The van der Waals surface area contributed by atoms with E-state index in [0.717, 1.165) is 11.8 Å². The summed E-state index contributed by atoms with van der Waals surface area (Å²) in [6.07, 6.45) is 1.81. The number of aryl methyl sites for hydroxylation is 1. The molecule has 0 aliphatic carbocycles. The van der Waals surface area contributed by atoms with Gasteiger partial charge in [0, 0.05) is 13.2 Å². The van der Waals surface area contributed by atoms with Crippen molar-refractivity contribution in [3.8, 4) is 0 Å². The molecule has 0 fully saturated rings. The quantitative estimate of drug-likeness (QED) is 0.885. The molecule has 1 N–H and O–H groups in total. The van der Waals surface area contributed by atoms with Crippen LogP contribution in [0.3, 0.4) is 0 Å². The Morgan fingerprint density at radius 1 is 1.24 bits per heavy atom. The molecule has 1 aromatic heterocycles. The lowest BCUT2D eigenvalue weighted by Gasteiger charge is -2.14. The zero-order chi connectivity index (χ0) is 12.4. The molecule has 1 unspecified atom stereocenters. The molecule has 0 saturated heterocycles. The molecular formula is C12H13F2N3. The molecule has 0 bridgehead atoms. The number of hydrogen-bond donors (Lipinski definition) is 1. The van der Waals surface area contributed by atoms with Gasteiger partial charge < -0.3 is 5.32 Å². The molecule has 0 saturated carbocycles. The molecule has 2 rings (SSSR count). The van der Waals surface area contributed by atoms with Crippen LogP contribution in [0.25, 0.3) is 0 Å². The summed E-state index contributed by atoms with van der Waals surface area (Å²) >= 11 is 0. The Labute approximate surface area is 98.1 Å². The first-order valence-electron chi connectivity index (χ1n) is 5.23. The van der Waals surface area contributed by atoms with Crippen LogP contribution in [0.4, 0.5) is 8.78 Å². The van der Waals surface area contributed by atoms with Crippen molar-refractivity contribution in [2.45, 2.75) is 6.04 Å². The third kappa shape index (κ3) is 2.34. The van der Waals surface area contributed by atoms with Gasteiger partial charge in [-0.3, -0.25) is 4.68 Å². The van der Waals surface area contributed by atoms with Gasteiger partial charge in [0.15, 0.2) is 11.6 Å². The third-order valence-electron chi connectivity index (χ3n) is 2.60. The van der Waals surface area contributed by atoms with Crippen LogP contribution in [-0.2, 0) is 7.05 Å². The van der Waals surface area contributed by atoms with E-state index in [-0.39, 0.29) is 6.04 Å². The maximum Gasteiger partial charge on any atom is 0.159 e. The Morgan fingerprint density at radius 2 is 2.00 bits per heavy atom. The van der Waals surface area contributed by atoms with Gasteiger partial charge in [0.25, 0.3) is 0 Å². The van der Waals surface area contributed by atoms with E-state index in [1.807, 2.05) is 13.1 Å². The Morgan fingerprint density at radius 3 is 2.53 bits per heavy atom. The lowest BCUT2D eigenvalue weighted by atomic mass is 10.0. The van der Waals surface area contributed by atoms with Gasteiger partial charge in [-0.2, -0.15) is 5.10 Å². The number of rotatable bonds is 3. The first kappa shape index (κ1) is 11.7. The normalized spacial score (nSPS) is 12.7. The van der Waals surface area contributed by atoms with Crippen molar-refractivity contribution in [1.82, 2.24) is 15.1 Å². The molecule has 1 aromatic carbocycles. The van der Waals surface area contributed by atoms with Gasteiger partial charge in [0.1, 0.15) is 0 Å². The molecule has 1 heterocycles. The van der Waals surface area contributed by atoms with Gasteiger partial charge in [-0.25, -0.2) is 8.78 Å². The highest BCUT2D eigenvalue weighted by molar-refractivity contribution is 5.28. The second kappa shape index (κ2) is 4.63. The van der Waals surface area contributed by atoms with Gasteiger partial charge in [-0.1, -0.05) is 6.07 Å². The summed E-state index contributed by atoms with van der Waals surface area (Å²) in [4.78, 5) is 0. The molecule has 2 aromatic rings. The number of halogens is 2. The fourth-order valence-corrected chi connectivity index (χ4v) is 1.76. The first-order valence-corrected chi connectivity index (χ1v) is 5.23. The number of nitrogens with zero attached hydrogens (tertiary/aromatic N) is 2. The van der Waals surface area contributed by atoms with Crippen LogP contribution in [0.15, 0.2) is 30.5 Å². The molecule has 0 aliphatic heterocycles. The highest BCUT2D eigenvalue weighted by Gasteiger charge is 2.16. The fourth-order valence-electron chi connectivity index (χ4n) is 1.76. The van der Waals surface area contributed by atoms with Crippen LogP contribution < -0.4 is 5.32 Å². The van der Waals surface area contributed by atoms with Crippen molar-refractivity contribution in [2.75, 3.05) is 7.05 Å². The third-order valence-corrected chi connectivity index (χ3v) is 2.60. The van der Waals surface area contributed by atoms with Crippen LogP contribution in [0, 0.1) is 11.6 Å². The average Bonchev–Trinajstić information content (AvgIpc) is 2.71. The van der Waals surface area contributed by atoms with Crippen molar-refractivity contribution in [2.24, 2.45) is 7.05 Å². The average molecular weight is 237 g/mol. The Bertz CT molecular complexity index is 522. The second-order valence-electron chi connectivity index (χ2n) is 3.81. The second-order valence-corrected chi connectivity index (χ2v) is 3.81. The fraction of sp³-hybridized carbons (Fsp3) is 0.250. The summed E-state index contributed by atoms with van der Waals surface area (Å²) in [6, 6.07) is 5.45. The van der Waals surface area contributed by atoms with Crippen LogP contribution in [0.1, 0.15) is 17.3 Å². The SMILES string of the molecule is CNC(c1ccc(F)c(F)c1)c1ccn(C)n1. The van der Waals surface area contributed by atoms with E-state index in [9.17, 15) is 8.78 Å². The lowest BCUT2D eigenvalue weighted by Crippen LogP contribution is -2.18. The van der Waals surface area contributed by atoms with Crippen molar-refractivity contribution in [1.29, 1.82) is 0 Å². The Hall–Kier alpha value is -1.75.